The SMILES string of the molecule is N#Cc1ccccc1COc1ccc2ccccc2c1/C=N/NC(=O)c1ccccc1Br. The zero-order valence-electron chi connectivity index (χ0n) is 17.0. The molecule has 0 heterocycles. The fourth-order valence-electron chi connectivity index (χ4n) is 3.31. The van der Waals surface area contributed by atoms with Crippen molar-refractivity contribution in [2.24, 2.45) is 5.10 Å². The van der Waals surface area contributed by atoms with Crippen LogP contribution >= 0.6 is 15.9 Å². The molecule has 1 amide bonds. The zero-order valence-corrected chi connectivity index (χ0v) is 18.5. The van der Waals surface area contributed by atoms with Crippen molar-refractivity contribution < 1.29 is 9.53 Å². The number of nitrogens with one attached hydrogen (secondary N) is 1. The Bertz CT molecular complexity index is 1360. The standard InChI is InChI=1S/C26H18BrN3O2/c27-24-12-6-5-11-22(24)26(31)30-29-16-23-21-10-4-3-7-18(21)13-14-25(23)32-17-20-9-2-1-8-19(20)15-28/h1-14,16H,17H2,(H,30,31)/b29-16+. The number of ether oxygens (including phenoxy) is 1. The highest BCUT2D eigenvalue weighted by atomic mass is 79.9. The smallest absolute Gasteiger partial charge is 0.272 e. The van der Waals surface area contributed by atoms with Crippen LogP contribution in [0, 0.1) is 11.3 Å². The molecular formula is C26H18BrN3O2. The van der Waals surface area contributed by atoms with Gasteiger partial charge >= 0.3 is 0 Å². The van der Waals surface area contributed by atoms with Crippen LogP contribution in [0.1, 0.15) is 27.0 Å². The first-order valence-corrected chi connectivity index (χ1v) is 10.7. The summed E-state index contributed by atoms with van der Waals surface area (Å²) >= 11 is 3.38. The fourth-order valence-corrected chi connectivity index (χ4v) is 3.77. The Morgan fingerprint density at radius 2 is 1.75 bits per heavy atom. The van der Waals surface area contributed by atoms with Crippen molar-refractivity contribution in [1.82, 2.24) is 5.43 Å². The van der Waals surface area contributed by atoms with Crippen LogP contribution in [-0.2, 0) is 6.61 Å². The maximum absolute atomic E-state index is 12.5. The Labute approximate surface area is 194 Å². The maximum atomic E-state index is 12.5. The van der Waals surface area contributed by atoms with Crippen LogP contribution < -0.4 is 10.2 Å². The van der Waals surface area contributed by atoms with Crippen molar-refractivity contribution in [3.8, 4) is 11.8 Å². The Morgan fingerprint density at radius 3 is 2.59 bits per heavy atom. The van der Waals surface area contributed by atoms with Crippen LogP contribution in [0.4, 0.5) is 0 Å². The summed E-state index contributed by atoms with van der Waals surface area (Å²) < 4.78 is 6.77. The largest absolute Gasteiger partial charge is 0.488 e. The summed E-state index contributed by atoms with van der Waals surface area (Å²) in [6.07, 6.45) is 1.59. The van der Waals surface area contributed by atoms with Gasteiger partial charge in [-0.25, -0.2) is 5.43 Å². The summed E-state index contributed by atoms with van der Waals surface area (Å²) in [6, 6.07) is 28.4. The molecule has 32 heavy (non-hydrogen) atoms. The van der Waals surface area contributed by atoms with Crippen molar-refractivity contribution in [3.63, 3.8) is 0 Å². The first-order chi connectivity index (χ1) is 15.7. The van der Waals surface area contributed by atoms with Gasteiger partial charge in [0.05, 0.1) is 23.4 Å². The van der Waals surface area contributed by atoms with E-state index in [0.29, 0.717) is 21.3 Å². The molecule has 0 atom stereocenters. The van der Waals surface area contributed by atoms with Gasteiger partial charge in [0.2, 0.25) is 0 Å². The topological polar surface area (TPSA) is 74.5 Å². The second kappa shape index (κ2) is 9.90. The van der Waals surface area contributed by atoms with Crippen molar-refractivity contribution in [3.05, 3.63) is 112 Å². The number of carbonyl (C=O) groups excluding carboxylic acids is 1. The van der Waals surface area contributed by atoms with E-state index in [4.69, 9.17) is 4.74 Å². The van der Waals surface area contributed by atoms with Gasteiger partial charge in [0.15, 0.2) is 0 Å². The lowest BCUT2D eigenvalue weighted by atomic mass is 10.0. The van der Waals surface area contributed by atoms with Gasteiger partial charge < -0.3 is 4.74 Å². The fraction of sp³-hybridized carbons (Fsp3) is 0.0385. The van der Waals surface area contributed by atoms with Crippen LogP contribution in [0.5, 0.6) is 5.75 Å². The summed E-state index contributed by atoms with van der Waals surface area (Å²) in [4.78, 5) is 12.5. The van der Waals surface area contributed by atoms with E-state index in [9.17, 15) is 10.1 Å². The summed E-state index contributed by atoms with van der Waals surface area (Å²) in [5, 5.41) is 15.5. The maximum Gasteiger partial charge on any atom is 0.272 e. The molecule has 156 valence electrons. The van der Waals surface area contributed by atoms with Crippen LogP contribution in [0.25, 0.3) is 10.8 Å². The predicted octanol–water partition coefficient (Wildman–Crippen LogP) is 5.82. The first kappa shape index (κ1) is 21.3. The predicted molar refractivity (Wildman–Crippen MR) is 129 cm³/mol. The molecule has 0 saturated heterocycles. The Hall–Kier alpha value is -3.95. The minimum Gasteiger partial charge on any atom is -0.488 e. The normalized spacial score (nSPS) is 10.8. The summed E-state index contributed by atoms with van der Waals surface area (Å²) in [5.41, 5.74) is 5.18. The van der Waals surface area contributed by atoms with E-state index in [1.165, 1.54) is 0 Å². The Morgan fingerprint density at radius 1 is 1.00 bits per heavy atom. The molecule has 0 unspecified atom stereocenters. The summed E-state index contributed by atoms with van der Waals surface area (Å²) in [7, 11) is 0. The van der Waals surface area contributed by atoms with Gasteiger partial charge in [-0.3, -0.25) is 4.79 Å². The molecule has 0 aliphatic carbocycles. The molecule has 0 radical (unpaired) electrons. The number of hydrazone groups is 1. The van der Waals surface area contributed by atoms with Gasteiger partial charge in [0.25, 0.3) is 5.91 Å². The second-order valence-electron chi connectivity index (χ2n) is 6.94. The van der Waals surface area contributed by atoms with Crippen LogP contribution in [0.2, 0.25) is 0 Å². The van der Waals surface area contributed by atoms with Gasteiger partial charge in [-0.1, -0.05) is 60.7 Å². The molecule has 4 aromatic rings. The molecule has 0 aromatic heterocycles. The Balaban J connectivity index is 1.62. The van der Waals surface area contributed by atoms with Gasteiger partial charge in [0, 0.05) is 15.6 Å². The minimum atomic E-state index is -0.320. The van der Waals surface area contributed by atoms with Crippen molar-refractivity contribution in [1.29, 1.82) is 5.26 Å². The monoisotopic (exact) mass is 483 g/mol. The van der Waals surface area contributed by atoms with E-state index in [-0.39, 0.29) is 12.5 Å². The number of halogens is 1. The van der Waals surface area contributed by atoms with Gasteiger partial charge in [-0.2, -0.15) is 10.4 Å². The number of benzene rings is 4. The average Bonchev–Trinajstić information content (AvgIpc) is 2.83. The third-order valence-electron chi connectivity index (χ3n) is 4.93. The molecule has 0 saturated carbocycles. The lowest BCUT2D eigenvalue weighted by Gasteiger charge is -2.12. The molecule has 4 rings (SSSR count). The molecule has 0 spiro atoms. The number of nitriles is 1. The molecule has 0 aliphatic heterocycles. The zero-order chi connectivity index (χ0) is 22.3. The number of amides is 1. The lowest BCUT2D eigenvalue weighted by Crippen LogP contribution is -2.18. The van der Waals surface area contributed by atoms with Gasteiger partial charge in [-0.05, 0) is 51.0 Å². The van der Waals surface area contributed by atoms with Crippen LogP contribution in [-0.4, -0.2) is 12.1 Å². The average molecular weight is 484 g/mol. The minimum absolute atomic E-state index is 0.242. The molecule has 4 aromatic carbocycles. The molecular weight excluding hydrogens is 466 g/mol. The number of hydrogen-bond donors (Lipinski definition) is 1. The van der Waals surface area contributed by atoms with Gasteiger partial charge in [-0.15, -0.1) is 0 Å². The number of hydrogen-bond acceptors (Lipinski definition) is 4. The highest BCUT2D eigenvalue weighted by molar-refractivity contribution is 9.10. The lowest BCUT2D eigenvalue weighted by molar-refractivity contribution is 0.0954. The third kappa shape index (κ3) is 4.69. The van der Waals surface area contributed by atoms with Crippen molar-refractivity contribution in [2.75, 3.05) is 0 Å². The van der Waals surface area contributed by atoms with Crippen LogP contribution in [0.3, 0.4) is 0 Å². The van der Waals surface area contributed by atoms with E-state index in [1.54, 1.807) is 30.5 Å². The molecule has 1 N–H and O–H groups in total. The molecule has 0 aliphatic rings. The number of nitrogens with zero attached hydrogens (tertiary/aromatic N) is 2. The number of carbonyl (C=O) groups is 1. The van der Waals surface area contributed by atoms with E-state index >= 15 is 0 Å². The number of rotatable bonds is 6. The van der Waals surface area contributed by atoms with E-state index < -0.39 is 0 Å². The second-order valence-corrected chi connectivity index (χ2v) is 7.79. The molecule has 6 heteroatoms. The van der Waals surface area contributed by atoms with Crippen molar-refractivity contribution in [2.45, 2.75) is 6.61 Å². The van der Waals surface area contributed by atoms with E-state index in [1.807, 2.05) is 60.7 Å². The molecule has 0 bridgehead atoms. The quantitative estimate of drug-likeness (QED) is 0.277. The van der Waals surface area contributed by atoms with E-state index in [0.717, 1.165) is 21.9 Å². The highest BCUT2D eigenvalue weighted by Gasteiger charge is 2.11. The Kier molecular flexibility index (Phi) is 6.59. The van der Waals surface area contributed by atoms with Crippen LogP contribution in [0.15, 0.2) is 94.5 Å². The summed E-state index contributed by atoms with van der Waals surface area (Å²) in [6.45, 7) is 0.242. The van der Waals surface area contributed by atoms with Crippen molar-refractivity contribution >= 4 is 38.8 Å². The molecule has 0 fully saturated rings. The third-order valence-corrected chi connectivity index (χ3v) is 5.62. The highest BCUT2D eigenvalue weighted by Crippen LogP contribution is 2.28. The van der Waals surface area contributed by atoms with E-state index in [2.05, 4.69) is 32.5 Å². The number of fused-ring (bicyclic) bond motifs is 1. The van der Waals surface area contributed by atoms with Gasteiger partial charge in [0.1, 0.15) is 12.4 Å². The summed E-state index contributed by atoms with van der Waals surface area (Å²) in [5.74, 6) is 0.287. The molecule has 5 nitrogen and oxygen atoms in total. The first-order valence-electron chi connectivity index (χ1n) is 9.88.